The molecule has 0 aliphatic rings. The number of nitrogens with two attached hydrogens (primary N) is 1. The lowest BCUT2D eigenvalue weighted by Gasteiger charge is -2.17. The number of hydrogen-bond donors (Lipinski definition) is 1. The number of rotatable bonds is 7. The Morgan fingerprint density at radius 2 is 1.67 bits per heavy atom. The van der Waals surface area contributed by atoms with Crippen LogP contribution < -0.4 is 5.73 Å². The third kappa shape index (κ3) is 5.24. The topological polar surface area (TPSA) is 152 Å². The number of nitrogens with zero attached hydrogens (tertiary/aromatic N) is 4. The molecule has 18 heavy (non-hydrogen) atoms. The van der Waals surface area contributed by atoms with Crippen LogP contribution in [-0.2, 0) is 24.0 Å². The van der Waals surface area contributed by atoms with Gasteiger partial charge in [0.15, 0.2) is 6.04 Å². The van der Waals surface area contributed by atoms with Gasteiger partial charge >= 0.3 is 0 Å². The summed E-state index contributed by atoms with van der Waals surface area (Å²) in [6.45, 7) is 0. The highest BCUT2D eigenvalue weighted by Gasteiger charge is 2.26. The average Bonchev–Trinajstić information content (AvgIpc) is 2.29. The van der Waals surface area contributed by atoms with Crippen LogP contribution in [0.3, 0.4) is 0 Å². The van der Waals surface area contributed by atoms with Crippen LogP contribution in [0.5, 0.6) is 0 Å². The lowest BCUT2D eigenvalue weighted by molar-refractivity contribution is -0.124. The van der Waals surface area contributed by atoms with Crippen LogP contribution >= 0.6 is 0 Å². The first kappa shape index (κ1) is 15.1. The molecule has 0 aromatic heterocycles. The first-order chi connectivity index (χ1) is 8.56. The van der Waals surface area contributed by atoms with Crippen molar-refractivity contribution in [3.63, 3.8) is 0 Å². The first-order valence-corrected chi connectivity index (χ1v) is 4.41. The summed E-state index contributed by atoms with van der Waals surface area (Å²) < 4.78 is 0. The van der Waals surface area contributed by atoms with Crippen molar-refractivity contribution in [3.05, 3.63) is 0 Å². The Morgan fingerprint density at radius 3 is 2.06 bits per heavy atom. The molecule has 1 atom stereocenters. The number of hydrogen-bond acceptors (Lipinski definition) is 8. The van der Waals surface area contributed by atoms with Gasteiger partial charge < -0.3 is 5.73 Å². The van der Waals surface area contributed by atoms with E-state index in [1.807, 2.05) is 0 Å². The number of hydrazone groups is 2. The second kappa shape index (κ2) is 8.26. The number of aliphatic imine (C=N–C) groups is 1. The SMILES string of the molecule is NC(=O)CC[C@@H](C(=O)N=C=O)N(N=C=O)N=C=O. The largest absolute Gasteiger partial charge is 0.370 e. The molecule has 2 N–H and O–H groups in total. The van der Waals surface area contributed by atoms with Crippen LogP contribution in [0, 0.1) is 0 Å². The van der Waals surface area contributed by atoms with E-state index in [1.54, 1.807) is 0 Å². The van der Waals surface area contributed by atoms with Crippen LogP contribution in [0.15, 0.2) is 15.2 Å². The van der Waals surface area contributed by atoms with Gasteiger partial charge in [0.1, 0.15) is 0 Å². The predicted octanol–water partition coefficient (Wildman–Crippen LogP) is -1.71. The zero-order chi connectivity index (χ0) is 14.0. The standard InChI is InChI=1S/C8H7N5O5/c9-7(17)2-1-6(8(18)10-3-14)13(11-4-15)12-5-16/h6H,1-2H2,(H2,9,17)/t6-/m0/s1. The Labute approximate surface area is 99.8 Å². The molecule has 0 saturated heterocycles. The molecule has 10 nitrogen and oxygen atoms in total. The van der Waals surface area contributed by atoms with Crippen LogP contribution in [0.2, 0.25) is 0 Å². The third-order valence-electron chi connectivity index (χ3n) is 1.67. The zero-order valence-corrected chi connectivity index (χ0v) is 8.90. The maximum absolute atomic E-state index is 11.3. The van der Waals surface area contributed by atoms with E-state index < -0.39 is 17.9 Å². The molecule has 0 unspecified atom stereocenters. The van der Waals surface area contributed by atoms with Gasteiger partial charge in [0.25, 0.3) is 18.1 Å². The van der Waals surface area contributed by atoms with Gasteiger partial charge in [-0.3, -0.25) is 9.59 Å². The average molecular weight is 253 g/mol. The highest BCUT2D eigenvalue weighted by atomic mass is 16.2. The van der Waals surface area contributed by atoms with E-state index in [-0.39, 0.29) is 12.8 Å². The van der Waals surface area contributed by atoms with Gasteiger partial charge in [-0.1, -0.05) is 10.2 Å². The van der Waals surface area contributed by atoms with E-state index in [1.165, 1.54) is 0 Å². The molecule has 0 bridgehead atoms. The van der Waals surface area contributed by atoms with Crippen molar-refractivity contribution >= 4 is 30.1 Å². The summed E-state index contributed by atoms with van der Waals surface area (Å²) in [7, 11) is 0. The smallest absolute Gasteiger partial charge is 0.283 e. The molecule has 0 rings (SSSR count). The number of carbonyl (C=O) groups is 2. The van der Waals surface area contributed by atoms with Gasteiger partial charge in [-0.15, -0.1) is 10.1 Å². The van der Waals surface area contributed by atoms with Crippen LogP contribution in [0.25, 0.3) is 0 Å². The molecular formula is C8H7N5O5. The van der Waals surface area contributed by atoms with Crippen LogP contribution in [0.1, 0.15) is 12.8 Å². The Balaban J connectivity index is 5.19. The molecule has 0 aliphatic heterocycles. The fourth-order valence-corrected chi connectivity index (χ4v) is 0.982. The van der Waals surface area contributed by atoms with Gasteiger partial charge in [0.05, 0.1) is 0 Å². The minimum Gasteiger partial charge on any atom is -0.370 e. The lowest BCUT2D eigenvalue weighted by Crippen LogP contribution is -2.34. The number of amides is 2. The molecule has 0 heterocycles. The minimum atomic E-state index is -1.41. The predicted molar refractivity (Wildman–Crippen MR) is 53.4 cm³/mol. The molecule has 0 saturated carbocycles. The number of carbonyl (C=O) groups excluding carboxylic acids is 5. The summed E-state index contributed by atoms with van der Waals surface area (Å²) in [6.07, 6.45) is 2.52. The summed E-state index contributed by atoms with van der Waals surface area (Å²) >= 11 is 0. The van der Waals surface area contributed by atoms with Crippen molar-refractivity contribution in [2.75, 3.05) is 0 Å². The summed E-state index contributed by atoms with van der Waals surface area (Å²) in [5, 5.41) is 6.20. The van der Waals surface area contributed by atoms with Crippen molar-refractivity contribution in [2.24, 2.45) is 20.9 Å². The second-order valence-corrected chi connectivity index (χ2v) is 2.77. The Morgan fingerprint density at radius 1 is 1.11 bits per heavy atom. The minimum absolute atomic E-state index is 0.254. The van der Waals surface area contributed by atoms with Crippen LogP contribution in [-0.4, -0.2) is 41.2 Å². The molecule has 0 spiro atoms. The summed E-state index contributed by atoms with van der Waals surface area (Å²) in [6, 6.07) is -1.41. The Bertz CT molecular complexity index is 452. The second-order valence-electron chi connectivity index (χ2n) is 2.77. The molecule has 2 amide bonds. The first-order valence-electron chi connectivity index (χ1n) is 4.41. The fraction of sp³-hybridized carbons (Fsp3) is 0.375. The van der Waals surface area contributed by atoms with Crippen molar-refractivity contribution in [1.29, 1.82) is 0 Å². The summed E-state index contributed by atoms with van der Waals surface area (Å²) in [4.78, 5) is 54.8. The van der Waals surface area contributed by atoms with Gasteiger partial charge in [-0.05, 0) is 6.42 Å². The molecular weight excluding hydrogens is 246 g/mol. The summed E-state index contributed by atoms with van der Waals surface area (Å²) in [5.74, 6) is -1.84. The maximum atomic E-state index is 11.3. The molecule has 10 heteroatoms. The highest BCUT2D eigenvalue weighted by molar-refractivity contribution is 5.87. The van der Waals surface area contributed by atoms with Gasteiger partial charge in [-0.25, -0.2) is 14.4 Å². The van der Waals surface area contributed by atoms with E-state index in [0.717, 1.165) is 18.2 Å². The highest BCUT2D eigenvalue weighted by Crippen LogP contribution is 2.09. The molecule has 0 aliphatic carbocycles. The van der Waals surface area contributed by atoms with Gasteiger partial charge in [0, 0.05) is 6.42 Å². The van der Waals surface area contributed by atoms with Crippen molar-refractivity contribution < 1.29 is 24.0 Å². The summed E-state index contributed by atoms with van der Waals surface area (Å²) in [5.41, 5.74) is 4.87. The van der Waals surface area contributed by atoms with E-state index in [4.69, 9.17) is 5.73 Å². The zero-order valence-electron chi connectivity index (χ0n) is 8.90. The molecule has 0 radical (unpaired) electrons. The van der Waals surface area contributed by atoms with E-state index in [0.29, 0.717) is 5.12 Å². The lowest BCUT2D eigenvalue weighted by atomic mass is 10.1. The Hall–Kier alpha value is -2.92. The van der Waals surface area contributed by atoms with Crippen molar-refractivity contribution in [2.45, 2.75) is 18.9 Å². The monoisotopic (exact) mass is 253 g/mol. The maximum Gasteiger partial charge on any atom is 0.283 e. The molecule has 0 aromatic rings. The van der Waals surface area contributed by atoms with Crippen molar-refractivity contribution in [1.82, 2.24) is 5.12 Å². The number of isocyanates is 3. The fourth-order valence-electron chi connectivity index (χ4n) is 0.982. The van der Waals surface area contributed by atoms with E-state index >= 15 is 0 Å². The Kier molecular flexibility index (Phi) is 6.92. The van der Waals surface area contributed by atoms with E-state index in [2.05, 4.69) is 15.2 Å². The quantitative estimate of drug-likeness (QED) is 0.324. The molecule has 0 aromatic carbocycles. The normalized spacial score (nSPS) is 10.0. The van der Waals surface area contributed by atoms with Crippen molar-refractivity contribution in [3.8, 4) is 0 Å². The van der Waals surface area contributed by atoms with Gasteiger partial charge in [-0.2, -0.15) is 0 Å². The number of primary amides is 1. The van der Waals surface area contributed by atoms with E-state index in [9.17, 15) is 24.0 Å². The third-order valence-corrected chi connectivity index (χ3v) is 1.67. The molecule has 0 fully saturated rings. The molecule has 94 valence electrons. The van der Waals surface area contributed by atoms with Gasteiger partial charge in [0.2, 0.25) is 12.0 Å². The van der Waals surface area contributed by atoms with Crippen LogP contribution in [0.4, 0.5) is 0 Å².